The van der Waals surface area contributed by atoms with Crippen molar-refractivity contribution in [1.29, 1.82) is 0 Å². The fourth-order valence-corrected chi connectivity index (χ4v) is 4.57. The number of thiophene rings is 1. The van der Waals surface area contributed by atoms with Gasteiger partial charge in [0.05, 0.1) is 22.0 Å². The van der Waals surface area contributed by atoms with Gasteiger partial charge in [0.25, 0.3) is 0 Å². The summed E-state index contributed by atoms with van der Waals surface area (Å²) in [4.78, 5) is 0.658. The molecule has 25 heavy (non-hydrogen) atoms. The van der Waals surface area contributed by atoms with E-state index in [2.05, 4.69) is 24.6 Å². The molecule has 2 N–H and O–H groups in total. The molecule has 0 amide bonds. The van der Waals surface area contributed by atoms with Crippen molar-refractivity contribution >= 4 is 21.4 Å². The van der Waals surface area contributed by atoms with E-state index in [4.69, 9.17) is 0 Å². The van der Waals surface area contributed by atoms with Gasteiger partial charge in [0.15, 0.2) is 0 Å². The van der Waals surface area contributed by atoms with E-state index in [1.54, 1.807) is 13.0 Å². The zero-order valence-corrected chi connectivity index (χ0v) is 14.2. The van der Waals surface area contributed by atoms with E-state index < -0.39 is 22.0 Å². The number of nitrogens with zero attached hydrogens (tertiary/aromatic N) is 2. The van der Waals surface area contributed by atoms with Crippen molar-refractivity contribution in [3.8, 4) is 10.6 Å². The molecule has 0 aliphatic rings. The number of nitrogens with one attached hydrogen (secondary N) is 2. The molecule has 7 nitrogen and oxygen atoms in total. The summed E-state index contributed by atoms with van der Waals surface area (Å²) < 4.78 is 69.2. The van der Waals surface area contributed by atoms with Gasteiger partial charge in [-0.1, -0.05) is 5.16 Å². The minimum Gasteiger partial charge on any atom is -0.351 e. The van der Waals surface area contributed by atoms with Crippen LogP contribution in [0.5, 0.6) is 0 Å². The Hall–Kier alpha value is -2.18. The normalized spacial score (nSPS) is 12.6. The van der Waals surface area contributed by atoms with Crippen LogP contribution < -0.4 is 4.72 Å². The average Bonchev–Trinajstić information content (AvgIpc) is 3.24. The molecule has 3 aromatic rings. The Bertz CT molecular complexity index is 975. The molecule has 0 bridgehead atoms. The Balaban J connectivity index is 1.85. The second-order valence-electron chi connectivity index (χ2n) is 5.01. The zero-order chi connectivity index (χ0) is 18.2. The predicted molar refractivity (Wildman–Crippen MR) is 82.2 cm³/mol. The highest BCUT2D eigenvalue weighted by Gasteiger charge is 2.36. The van der Waals surface area contributed by atoms with Gasteiger partial charge in [-0.3, -0.25) is 5.10 Å². The van der Waals surface area contributed by atoms with Gasteiger partial charge in [0.1, 0.15) is 5.69 Å². The number of alkyl halides is 3. The van der Waals surface area contributed by atoms with Gasteiger partial charge >= 0.3 is 6.18 Å². The number of hydrogen-bond donors (Lipinski definition) is 2. The summed E-state index contributed by atoms with van der Waals surface area (Å²) >= 11 is 1.01. The van der Waals surface area contributed by atoms with Crippen molar-refractivity contribution in [2.75, 3.05) is 0 Å². The van der Waals surface area contributed by atoms with Crippen molar-refractivity contribution < 1.29 is 26.1 Å². The predicted octanol–water partition coefficient (Wildman–Crippen LogP) is 2.93. The van der Waals surface area contributed by atoms with E-state index in [1.807, 2.05) is 0 Å². The largest absolute Gasteiger partial charge is 0.452 e. The lowest BCUT2D eigenvalue weighted by Gasteiger charge is -2.04. The number of sulfonamides is 1. The van der Waals surface area contributed by atoms with Gasteiger partial charge in [-0.15, -0.1) is 11.3 Å². The molecular formula is C13H11F3N4O3S2. The maximum absolute atomic E-state index is 12.6. The van der Waals surface area contributed by atoms with Crippen LogP contribution in [0.1, 0.15) is 16.3 Å². The van der Waals surface area contributed by atoms with E-state index in [9.17, 15) is 21.6 Å². The van der Waals surface area contributed by atoms with Crippen LogP contribution in [0, 0.1) is 6.92 Å². The molecule has 0 aromatic carbocycles. The summed E-state index contributed by atoms with van der Waals surface area (Å²) in [6.45, 7) is 1.57. The van der Waals surface area contributed by atoms with Gasteiger partial charge in [0.2, 0.25) is 15.8 Å². The fourth-order valence-electron chi connectivity index (χ4n) is 2.02. The van der Waals surface area contributed by atoms with E-state index in [0.717, 1.165) is 17.4 Å². The monoisotopic (exact) mass is 392 g/mol. The standard InChI is InChI=1S/C13H11F3N4O3S2/c1-7-11(25(21,22)18-6-8-2-3-17-19-8)5-10(24-7)9-4-12(23-20-9)13(14,15)16/h2-5,18H,6H2,1H3,(H,17,19). The number of rotatable bonds is 5. The third-order valence-electron chi connectivity index (χ3n) is 3.21. The highest BCUT2D eigenvalue weighted by atomic mass is 32.2. The number of aryl methyl sites for hydroxylation is 1. The number of H-pyrrole nitrogens is 1. The molecule has 3 aromatic heterocycles. The molecule has 0 saturated carbocycles. The minimum absolute atomic E-state index is 0.00906. The smallest absolute Gasteiger partial charge is 0.351 e. The molecule has 12 heteroatoms. The average molecular weight is 392 g/mol. The summed E-state index contributed by atoms with van der Waals surface area (Å²) in [6.07, 6.45) is -3.17. The first kappa shape index (κ1) is 17.6. The molecule has 3 heterocycles. The number of aromatic amines is 1. The van der Waals surface area contributed by atoms with Crippen molar-refractivity contribution in [3.63, 3.8) is 0 Å². The molecule has 3 rings (SSSR count). The molecule has 0 atom stereocenters. The lowest BCUT2D eigenvalue weighted by molar-refractivity contribution is -0.155. The molecule has 0 aliphatic carbocycles. The van der Waals surface area contributed by atoms with E-state index in [1.165, 1.54) is 12.3 Å². The molecular weight excluding hydrogens is 381 g/mol. The Kier molecular flexibility index (Phi) is 4.43. The third kappa shape index (κ3) is 3.75. The second kappa shape index (κ2) is 6.28. The van der Waals surface area contributed by atoms with Crippen molar-refractivity contribution in [3.05, 3.63) is 40.7 Å². The van der Waals surface area contributed by atoms with Crippen molar-refractivity contribution in [1.82, 2.24) is 20.1 Å². The Morgan fingerprint density at radius 1 is 1.36 bits per heavy atom. The summed E-state index contributed by atoms with van der Waals surface area (Å²) in [5, 5.41) is 9.69. The quantitative estimate of drug-likeness (QED) is 0.695. The van der Waals surface area contributed by atoms with Crippen LogP contribution in [-0.4, -0.2) is 23.8 Å². The maximum atomic E-state index is 12.6. The lowest BCUT2D eigenvalue weighted by Crippen LogP contribution is -2.23. The second-order valence-corrected chi connectivity index (χ2v) is 8.00. The van der Waals surface area contributed by atoms with Gasteiger partial charge in [-0.25, -0.2) is 13.1 Å². The Labute approximate surface area is 143 Å². The summed E-state index contributed by atoms with van der Waals surface area (Å²) in [5.41, 5.74) is 0.499. The Morgan fingerprint density at radius 3 is 2.72 bits per heavy atom. The molecule has 0 spiro atoms. The minimum atomic E-state index is -4.65. The van der Waals surface area contributed by atoms with Crippen molar-refractivity contribution in [2.45, 2.75) is 24.5 Å². The first-order valence-corrected chi connectivity index (χ1v) is 9.09. The molecule has 0 fully saturated rings. The molecule has 0 saturated heterocycles. The van der Waals surface area contributed by atoms with Crippen molar-refractivity contribution in [2.24, 2.45) is 0 Å². The number of hydrogen-bond acceptors (Lipinski definition) is 6. The first-order valence-electron chi connectivity index (χ1n) is 6.79. The van der Waals surface area contributed by atoms with E-state index >= 15 is 0 Å². The van der Waals surface area contributed by atoms with Gasteiger partial charge in [-0.05, 0) is 19.1 Å². The van der Waals surface area contributed by atoms with E-state index in [0.29, 0.717) is 10.6 Å². The van der Waals surface area contributed by atoms with Crippen LogP contribution in [-0.2, 0) is 22.7 Å². The molecule has 134 valence electrons. The van der Waals surface area contributed by atoms with Crippen LogP contribution in [0.3, 0.4) is 0 Å². The van der Waals surface area contributed by atoms with Crippen LogP contribution >= 0.6 is 11.3 Å². The third-order valence-corrected chi connectivity index (χ3v) is 5.94. The van der Waals surface area contributed by atoms with E-state index in [-0.39, 0.29) is 22.0 Å². The Morgan fingerprint density at radius 2 is 2.12 bits per heavy atom. The lowest BCUT2D eigenvalue weighted by atomic mass is 10.3. The summed E-state index contributed by atoms with van der Waals surface area (Å²) in [7, 11) is -3.84. The number of halogens is 3. The first-order chi connectivity index (χ1) is 11.7. The van der Waals surface area contributed by atoms with Gasteiger partial charge in [0, 0.05) is 17.1 Å². The zero-order valence-electron chi connectivity index (χ0n) is 12.6. The van der Waals surface area contributed by atoms with Crippen LogP contribution in [0.25, 0.3) is 10.6 Å². The van der Waals surface area contributed by atoms with Crippen LogP contribution in [0.15, 0.2) is 33.8 Å². The highest BCUT2D eigenvalue weighted by molar-refractivity contribution is 7.89. The summed E-state index contributed by atoms with van der Waals surface area (Å²) in [5.74, 6) is -1.24. The molecule has 0 radical (unpaired) electrons. The fraction of sp³-hybridized carbons (Fsp3) is 0.231. The van der Waals surface area contributed by atoms with Gasteiger partial charge in [-0.2, -0.15) is 18.3 Å². The number of aromatic nitrogens is 3. The SMILES string of the molecule is Cc1sc(-c2cc(C(F)(F)F)on2)cc1S(=O)(=O)NCc1ccn[nH]1. The topological polar surface area (TPSA) is 101 Å². The highest BCUT2D eigenvalue weighted by Crippen LogP contribution is 2.36. The molecule has 0 unspecified atom stereocenters. The van der Waals surface area contributed by atoms with Gasteiger partial charge < -0.3 is 4.52 Å². The van der Waals surface area contributed by atoms with Crippen LogP contribution in [0.4, 0.5) is 13.2 Å². The van der Waals surface area contributed by atoms with Crippen LogP contribution in [0.2, 0.25) is 0 Å². The summed E-state index contributed by atoms with van der Waals surface area (Å²) in [6, 6.07) is 3.62. The molecule has 0 aliphatic heterocycles. The maximum Gasteiger partial charge on any atom is 0.452 e.